The molecule has 0 saturated heterocycles. The minimum atomic E-state index is -2.51. The van der Waals surface area contributed by atoms with Crippen LogP contribution in [0.4, 0.5) is 20.3 Å². The molecule has 3 nitrogen and oxygen atoms in total. The van der Waals surface area contributed by atoms with Crippen LogP contribution in [-0.4, -0.2) is 15.7 Å². The average molecular weight is 322 g/mol. The van der Waals surface area contributed by atoms with Crippen molar-refractivity contribution in [1.29, 1.82) is 0 Å². The molecule has 0 unspecified atom stereocenters. The number of alkyl halides is 2. The number of thioether (sulfide) groups is 1. The first-order valence-electron chi connectivity index (χ1n) is 5.05. The number of benzene rings is 1. The van der Waals surface area contributed by atoms with Gasteiger partial charge in [0.2, 0.25) is 5.28 Å². The molecule has 2 rings (SSSR count). The molecule has 0 fully saturated rings. The van der Waals surface area contributed by atoms with E-state index in [9.17, 15) is 8.78 Å². The van der Waals surface area contributed by atoms with Crippen LogP contribution in [0.3, 0.4) is 0 Å². The lowest BCUT2D eigenvalue weighted by Gasteiger charge is -2.11. The molecule has 8 heteroatoms. The summed E-state index contributed by atoms with van der Waals surface area (Å²) in [5, 5.41) is 3.14. The minimum absolute atomic E-state index is 0.0193. The quantitative estimate of drug-likeness (QED) is 0.645. The van der Waals surface area contributed by atoms with Crippen molar-refractivity contribution in [3.8, 4) is 0 Å². The molecule has 0 saturated carbocycles. The third kappa shape index (κ3) is 3.92. The maximum atomic E-state index is 12.4. The van der Waals surface area contributed by atoms with Crippen molar-refractivity contribution in [2.24, 2.45) is 0 Å². The molecule has 1 aromatic heterocycles. The Morgan fingerprint density at radius 1 is 1.21 bits per heavy atom. The van der Waals surface area contributed by atoms with E-state index in [4.69, 9.17) is 23.2 Å². The number of aromatic nitrogens is 2. The zero-order valence-corrected chi connectivity index (χ0v) is 11.6. The maximum Gasteiger partial charge on any atom is 0.288 e. The molecule has 0 aliphatic rings. The van der Waals surface area contributed by atoms with Crippen molar-refractivity contribution in [1.82, 2.24) is 9.97 Å². The zero-order chi connectivity index (χ0) is 13.8. The minimum Gasteiger partial charge on any atom is -0.338 e. The van der Waals surface area contributed by atoms with Crippen molar-refractivity contribution in [3.05, 3.63) is 40.8 Å². The fourth-order valence-corrected chi connectivity index (χ4v) is 2.20. The monoisotopic (exact) mass is 321 g/mol. The Labute approximate surface area is 122 Å². The molecule has 0 amide bonds. The summed E-state index contributed by atoms with van der Waals surface area (Å²) in [4.78, 5) is 8.00. The first kappa shape index (κ1) is 14.3. The lowest BCUT2D eigenvalue weighted by atomic mass is 10.3. The second-order valence-electron chi connectivity index (χ2n) is 3.34. The molecule has 0 bridgehead atoms. The summed E-state index contributed by atoms with van der Waals surface area (Å²) in [6.45, 7) is 0. The predicted molar refractivity (Wildman–Crippen MR) is 73.6 cm³/mol. The molecule has 1 N–H and O–H groups in total. The zero-order valence-electron chi connectivity index (χ0n) is 9.28. The van der Waals surface area contributed by atoms with E-state index in [0.29, 0.717) is 22.3 Å². The Kier molecular flexibility index (Phi) is 4.79. The van der Waals surface area contributed by atoms with Crippen LogP contribution in [0, 0.1) is 0 Å². The second-order valence-corrected chi connectivity index (χ2v) is 5.11. The molecular formula is C11H7Cl2F2N3S. The van der Waals surface area contributed by atoms with Gasteiger partial charge in [-0.2, -0.15) is 13.8 Å². The summed E-state index contributed by atoms with van der Waals surface area (Å²) in [5.41, 5.74) is 0.476. The number of rotatable bonds is 4. The van der Waals surface area contributed by atoms with Crippen LogP contribution < -0.4 is 5.32 Å². The third-order valence-corrected chi connectivity index (χ3v) is 3.32. The van der Waals surface area contributed by atoms with Gasteiger partial charge in [0.25, 0.3) is 5.76 Å². The molecule has 1 heterocycles. The van der Waals surface area contributed by atoms with E-state index in [-0.39, 0.29) is 16.1 Å². The van der Waals surface area contributed by atoms with E-state index in [0.717, 1.165) is 0 Å². The lowest BCUT2D eigenvalue weighted by Crippen LogP contribution is -1.98. The van der Waals surface area contributed by atoms with Crippen molar-refractivity contribution in [2.45, 2.75) is 10.7 Å². The normalized spacial score (nSPS) is 10.8. The molecule has 1 aromatic carbocycles. The van der Waals surface area contributed by atoms with E-state index < -0.39 is 5.76 Å². The maximum absolute atomic E-state index is 12.4. The van der Waals surface area contributed by atoms with Gasteiger partial charge in [0.15, 0.2) is 5.82 Å². The van der Waals surface area contributed by atoms with Gasteiger partial charge in [-0.3, -0.25) is 0 Å². The number of halogens is 4. The van der Waals surface area contributed by atoms with Crippen molar-refractivity contribution < 1.29 is 8.78 Å². The van der Waals surface area contributed by atoms with Crippen LogP contribution in [0.15, 0.2) is 35.4 Å². The number of nitrogens with one attached hydrogen (secondary N) is 1. The molecule has 0 radical (unpaired) electrons. The highest BCUT2D eigenvalue weighted by molar-refractivity contribution is 7.99. The van der Waals surface area contributed by atoms with Crippen LogP contribution in [0.1, 0.15) is 0 Å². The largest absolute Gasteiger partial charge is 0.338 e. The summed E-state index contributed by atoms with van der Waals surface area (Å²) in [7, 11) is 0. The van der Waals surface area contributed by atoms with E-state index in [2.05, 4.69) is 15.3 Å². The van der Waals surface area contributed by atoms with Gasteiger partial charge in [0.05, 0.1) is 11.9 Å². The predicted octanol–water partition coefficient (Wildman–Crippen LogP) is 4.84. The summed E-state index contributed by atoms with van der Waals surface area (Å²) in [6, 6.07) is 6.62. The summed E-state index contributed by atoms with van der Waals surface area (Å²) in [5.74, 6) is -2.24. The summed E-state index contributed by atoms with van der Waals surface area (Å²) < 4.78 is 24.9. The molecular weight excluding hydrogens is 315 g/mol. The average Bonchev–Trinajstić information content (AvgIpc) is 2.35. The number of nitrogens with zero attached hydrogens (tertiary/aromatic N) is 2. The Morgan fingerprint density at radius 3 is 2.68 bits per heavy atom. The SMILES string of the molecule is FC(F)Sc1ccccc1Nc1nc(Cl)ncc1Cl. The lowest BCUT2D eigenvalue weighted by molar-refractivity contribution is 0.252. The fourth-order valence-electron chi connectivity index (χ4n) is 1.33. The number of anilines is 2. The van der Waals surface area contributed by atoms with Gasteiger partial charge in [0, 0.05) is 4.90 Å². The van der Waals surface area contributed by atoms with Crippen LogP contribution >= 0.6 is 35.0 Å². The van der Waals surface area contributed by atoms with E-state index >= 15 is 0 Å². The van der Waals surface area contributed by atoms with Crippen molar-refractivity contribution in [2.75, 3.05) is 5.32 Å². The molecule has 19 heavy (non-hydrogen) atoms. The molecule has 100 valence electrons. The van der Waals surface area contributed by atoms with E-state index in [1.165, 1.54) is 6.20 Å². The first-order valence-corrected chi connectivity index (χ1v) is 6.68. The highest BCUT2D eigenvalue weighted by Gasteiger charge is 2.11. The number of para-hydroxylation sites is 1. The summed E-state index contributed by atoms with van der Waals surface area (Å²) >= 11 is 12.0. The molecule has 0 spiro atoms. The molecule has 0 atom stereocenters. The smallest absolute Gasteiger partial charge is 0.288 e. The molecule has 2 aromatic rings. The van der Waals surface area contributed by atoms with Gasteiger partial charge in [-0.25, -0.2) is 4.98 Å². The Balaban J connectivity index is 2.30. The number of hydrogen-bond donors (Lipinski definition) is 1. The Bertz CT molecular complexity index is 584. The Morgan fingerprint density at radius 2 is 1.95 bits per heavy atom. The van der Waals surface area contributed by atoms with Gasteiger partial charge in [-0.1, -0.05) is 35.5 Å². The summed E-state index contributed by atoms with van der Waals surface area (Å²) in [6.07, 6.45) is 1.34. The highest BCUT2D eigenvalue weighted by Crippen LogP contribution is 2.34. The number of hydrogen-bond acceptors (Lipinski definition) is 4. The van der Waals surface area contributed by atoms with E-state index in [1.807, 2.05) is 0 Å². The second kappa shape index (κ2) is 6.36. The first-order chi connectivity index (χ1) is 9.06. The van der Waals surface area contributed by atoms with Gasteiger partial charge >= 0.3 is 0 Å². The Hall–Kier alpha value is -1.11. The highest BCUT2D eigenvalue weighted by atomic mass is 35.5. The van der Waals surface area contributed by atoms with Gasteiger partial charge in [0.1, 0.15) is 5.02 Å². The molecule has 0 aliphatic heterocycles. The third-order valence-electron chi connectivity index (χ3n) is 2.07. The van der Waals surface area contributed by atoms with Crippen LogP contribution in [-0.2, 0) is 0 Å². The van der Waals surface area contributed by atoms with Crippen LogP contribution in [0.25, 0.3) is 0 Å². The molecule has 0 aliphatic carbocycles. The van der Waals surface area contributed by atoms with Crippen LogP contribution in [0.2, 0.25) is 10.3 Å². The van der Waals surface area contributed by atoms with Gasteiger partial charge < -0.3 is 5.32 Å². The van der Waals surface area contributed by atoms with E-state index in [1.54, 1.807) is 24.3 Å². The van der Waals surface area contributed by atoms with Gasteiger partial charge in [-0.15, -0.1) is 0 Å². The van der Waals surface area contributed by atoms with Gasteiger partial charge in [-0.05, 0) is 23.7 Å². The standard InChI is InChI=1S/C11H7Cl2F2N3S/c12-6-5-16-10(13)18-9(6)17-7-3-1-2-4-8(7)19-11(14)15/h1-5,11H,(H,16,17,18). The fraction of sp³-hybridized carbons (Fsp3) is 0.0909. The van der Waals surface area contributed by atoms with Crippen molar-refractivity contribution in [3.63, 3.8) is 0 Å². The topological polar surface area (TPSA) is 37.8 Å². The van der Waals surface area contributed by atoms with Crippen molar-refractivity contribution >= 4 is 46.5 Å². The van der Waals surface area contributed by atoms with Crippen LogP contribution in [0.5, 0.6) is 0 Å².